The predicted octanol–water partition coefficient (Wildman–Crippen LogP) is 3.11. The molecule has 2 aromatic carbocycles. The third-order valence-electron chi connectivity index (χ3n) is 4.91. The first-order valence-electron chi connectivity index (χ1n) is 8.42. The maximum Gasteiger partial charge on any atom is 0.231 e. The van der Waals surface area contributed by atoms with Crippen LogP contribution in [-0.4, -0.2) is 54.9 Å². The van der Waals surface area contributed by atoms with E-state index in [9.17, 15) is 5.11 Å². The van der Waals surface area contributed by atoms with E-state index >= 15 is 0 Å². The van der Waals surface area contributed by atoms with Gasteiger partial charge in [0.05, 0.1) is 6.04 Å². The standard InChI is InChI=1S/C19H21ClN2O3/c1-21-6-8-22(9-7-21)19(13-2-4-14(20)5-3-13)15-10-17-18(11-16(15)23)25-12-24-17/h2-5,10-11,19,23H,6-9,12H2,1H3. The Kier molecular flexibility index (Phi) is 4.46. The van der Waals surface area contributed by atoms with Crippen LogP contribution in [0, 0.1) is 0 Å². The molecule has 25 heavy (non-hydrogen) atoms. The van der Waals surface area contributed by atoms with Crippen LogP contribution < -0.4 is 9.47 Å². The number of hydrogen-bond donors (Lipinski definition) is 1. The first kappa shape index (κ1) is 16.5. The van der Waals surface area contributed by atoms with E-state index in [1.54, 1.807) is 6.07 Å². The Balaban J connectivity index is 1.76. The second-order valence-electron chi connectivity index (χ2n) is 6.56. The quantitative estimate of drug-likeness (QED) is 0.911. The summed E-state index contributed by atoms with van der Waals surface area (Å²) in [7, 11) is 2.13. The Labute approximate surface area is 152 Å². The van der Waals surface area contributed by atoms with Gasteiger partial charge >= 0.3 is 0 Å². The molecule has 2 aromatic rings. The highest BCUT2D eigenvalue weighted by atomic mass is 35.5. The van der Waals surface area contributed by atoms with Crippen LogP contribution in [0.4, 0.5) is 0 Å². The molecule has 0 aliphatic carbocycles. The van der Waals surface area contributed by atoms with Crippen molar-refractivity contribution in [2.24, 2.45) is 0 Å². The van der Waals surface area contributed by atoms with Crippen molar-refractivity contribution in [3.63, 3.8) is 0 Å². The lowest BCUT2D eigenvalue weighted by molar-refractivity contribution is 0.126. The summed E-state index contributed by atoms with van der Waals surface area (Å²) in [6, 6.07) is 11.3. The number of rotatable bonds is 3. The summed E-state index contributed by atoms with van der Waals surface area (Å²) in [6.45, 7) is 4.04. The smallest absolute Gasteiger partial charge is 0.231 e. The maximum atomic E-state index is 10.6. The molecule has 0 saturated carbocycles. The zero-order chi connectivity index (χ0) is 17.4. The molecule has 1 atom stereocenters. The number of hydrogen-bond acceptors (Lipinski definition) is 5. The molecule has 4 rings (SSSR count). The number of halogens is 1. The zero-order valence-electron chi connectivity index (χ0n) is 14.1. The van der Waals surface area contributed by atoms with Crippen LogP contribution in [0.15, 0.2) is 36.4 Å². The highest BCUT2D eigenvalue weighted by Gasteiger charge is 2.29. The van der Waals surface area contributed by atoms with Gasteiger partial charge in [0, 0.05) is 42.8 Å². The molecule has 5 nitrogen and oxygen atoms in total. The van der Waals surface area contributed by atoms with Crippen LogP contribution in [-0.2, 0) is 0 Å². The van der Waals surface area contributed by atoms with Gasteiger partial charge in [-0.2, -0.15) is 0 Å². The summed E-state index contributed by atoms with van der Waals surface area (Å²) < 4.78 is 10.9. The molecule has 6 heteroatoms. The van der Waals surface area contributed by atoms with Crippen molar-refractivity contribution >= 4 is 11.6 Å². The van der Waals surface area contributed by atoms with Gasteiger partial charge in [0.15, 0.2) is 11.5 Å². The van der Waals surface area contributed by atoms with E-state index < -0.39 is 0 Å². The molecule has 2 aliphatic rings. The molecule has 1 N–H and O–H groups in total. The van der Waals surface area contributed by atoms with Crippen molar-refractivity contribution in [2.75, 3.05) is 40.0 Å². The average molecular weight is 361 g/mol. The summed E-state index contributed by atoms with van der Waals surface area (Å²) in [5, 5.41) is 11.3. The van der Waals surface area contributed by atoms with Crippen molar-refractivity contribution < 1.29 is 14.6 Å². The Morgan fingerprint density at radius 2 is 1.64 bits per heavy atom. The van der Waals surface area contributed by atoms with E-state index in [0.717, 1.165) is 37.3 Å². The SMILES string of the molecule is CN1CCN(C(c2ccc(Cl)cc2)c2cc3c(cc2O)OCO3)CC1. The summed E-state index contributed by atoms with van der Waals surface area (Å²) in [6.07, 6.45) is 0. The first-order chi connectivity index (χ1) is 12.1. The number of benzene rings is 2. The number of ether oxygens (including phenoxy) is 2. The summed E-state index contributed by atoms with van der Waals surface area (Å²) in [4.78, 5) is 4.70. The van der Waals surface area contributed by atoms with E-state index in [1.807, 2.05) is 30.3 Å². The van der Waals surface area contributed by atoms with Gasteiger partial charge in [-0.15, -0.1) is 0 Å². The van der Waals surface area contributed by atoms with Crippen LogP contribution >= 0.6 is 11.6 Å². The molecule has 1 unspecified atom stereocenters. The number of fused-ring (bicyclic) bond motifs is 1. The number of aromatic hydroxyl groups is 1. The van der Waals surface area contributed by atoms with Gasteiger partial charge in [-0.3, -0.25) is 4.90 Å². The molecule has 0 spiro atoms. The predicted molar refractivity (Wildman–Crippen MR) is 96.6 cm³/mol. The monoisotopic (exact) mass is 360 g/mol. The van der Waals surface area contributed by atoms with Gasteiger partial charge < -0.3 is 19.5 Å². The molecule has 2 heterocycles. The molecule has 0 bridgehead atoms. The summed E-state index contributed by atoms with van der Waals surface area (Å²) in [5.74, 6) is 1.50. The maximum absolute atomic E-state index is 10.6. The molecule has 1 saturated heterocycles. The van der Waals surface area contributed by atoms with E-state index in [4.69, 9.17) is 21.1 Å². The Bertz CT molecular complexity index is 758. The Hall–Kier alpha value is -1.95. The van der Waals surface area contributed by atoms with Gasteiger partial charge in [-0.05, 0) is 30.8 Å². The normalized spacial score (nSPS) is 19.1. The minimum Gasteiger partial charge on any atom is -0.507 e. The lowest BCUT2D eigenvalue weighted by Gasteiger charge is -2.38. The van der Waals surface area contributed by atoms with Crippen molar-refractivity contribution in [1.29, 1.82) is 0 Å². The molecule has 1 fully saturated rings. The largest absolute Gasteiger partial charge is 0.507 e. The Morgan fingerprint density at radius 3 is 2.32 bits per heavy atom. The minimum absolute atomic E-state index is 0.0551. The van der Waals surface area contributed by atoms with Crippen LogP contribution in [0.2, 0.25) is 5.02 Å². The van der Waals surface area contributed by atoms with Gasteiger partial charge in [0.25, 0.3) is 0 Å². The number of piperazine rings is 1. The lowest BCUT2D eigenvalue weighted by atomic mass is 9.95. The molecular weight excluding hydrogens is 340 g/mol. The van der Waals surface area contributed by atoms with Crippen LogP contribution in [0.25, 0.3) is 0 Å². The third kappa shape index (κ3) is 3.27. The first-order valence-corrected chi connectivity index (χ1v) is 8.80. The fourth-order valence-electron chi connectivity index (χ4n) is 3.48. The number of phenols is 1. The van der Waals surface area contributed by atoms with Crippen molar-refractivity contribution in [3.8, 4) is 17.2 Å². The number of phenolic OH excluding ortho intramolecular Hbond substituents is 1. The second-order valence-corrected chi connectivity index (χ2v) is 6.99. The van der Waals surface area contributed by atoms with Crippen LogP contribution in [0.5, 0.6) is 17.2 Å². The zero-order valence-corrected chi connectivity index (χ0v) is 14.9. The van der Waals surface area contributed by atoms with Gasteiger partial charge in [0.2, 0.25) is 6.79 Å². The van der Waals surface area contributed by atoms with Crippen molar-refractivity contribution in [3.05, 3.63) is 52.5 Å². The minimum atomic E-state index is -0.0551. The average Bonchev–Trinajstić information content (AvgIpc) is 3.05. The molecular formula is C19H21ClN2O3. The molecule has 0 radical (unpaired) electrons. The highest BCUT2D eigenvalue weighted by molar-refractivity contribution is 6.30. The second kappa shape index (κ2) is 6.75. The lowest BCUT2D eigenvalue weighted by Crippen LogP contribution is -2.46. The van der Waals surface area contributed by atoms with E-state index in [2.05, 4.69) is 16.8 Å². The highest BCUT2D eigenvalue weighted by Crippen LogP contribution is 2.43. The Morgan fingerprint density at radius 1 is 1.00 bits per heavy atom. The molecule has 132 valence electrons. The topological polar surface area (TPSA) is 45.2 Å². The number of likely N-dealkylation sites (N-methyl/N-ethyl adjacent to an activating group) is 1. The summed E-state index contributed by atoms with van der Waals surface area (Å²) >= 11 is 6.07. The number of nitrogens with zero attached hydrogens (tertiary/aromatic N) is 2. The molecule has 0 amide bonds. The van der Waals surface area contributed by atoms with Gasteiger partial charge in [-0.25, -0.2) is 0 Å². The fourth-order valence-corrected chi connectivity index (χ4v) is 3.60. The van der Waals surface area contributed by atoms with Crippen LogP contribution in [0.3, 0.4) is 0 Å². The van der Waals surface area contributed by atoms with Crippen LogP contribution in [0.1, 0.15) is 17.2 Å². The van der Waals surface area contributed by atoms with Crippen molar-refractivity contribution in [1.82, 2.24) is 9.80 Å². The molecule has 2 aliphatic heterocycles. The van der Waals surface area contributed by atoms with E-state index in [1.165, 1.54) is 0 Å². The van der Waals surface area contributed by atoms with Crippen molar-refractivity contribution in [2.45, 2.75) is 6.04 Å². The molecule has 0 aromatic heterocycles. The fraction of sp³-hybridized carbons (Fsp3) is 0.368. The van der Waals surface area contributed by atoms with E-state index in [0.29, 0.717) is 16.5 Å². The van der Waals surface area contributed by atoms with Gasteiger partial charge in [-0.1, -0.05) is 23.7 Å². The van der Waals surface area contributed by atoms with Gasteiger partial charge in [0.1, 0.15) is 5.75 Å². The summed E-state index contributed by atoms with van der Waals surface area (Å²) in [5.41, 5.74) is 1.93. The third-order valence-corrected chi connectivity index (χ3v) is 5.16. The van der Waals surface area contributed by atoms with E-state index in [-0.39, 0.29) is 18.6 Å².